The van der Waals surface area contributed by atoms with Crippen LogP contribution in [0.4, 0.5) is 0 Å². The molecule has 0 saturated heterocycles. The summed E-state index contributed by atoms with van der Waals surface area (Å²) in [4.78, 5) is 12.1. The van der Waals surface area contributed by atoms with Crippen molar-refractivity contribution in [3.63, 3.8) is 0 Å². The Morgan fingerprint density at radius 1 is 1.44 bits per heavy atom. The van der Waals surface area contributed by atoms with E-state index in [1.165, 1.54) is 12.8 Å². The highest BCUT2D eigenvalue weighted by Crippen LogP contribution is 2.36. The summed E-state index contributed by atoms with van der Waals surface area (Å²) in [5.41, 5.74) is 0.653. The molecule has 1 aromatic rings. The van der Waals surface area contributed by atoms with Crippen LogP contribution in [0.15, 0.2) is 24.3 Å². The van der Waals surface area contributed by atoms with Crippen molar-refractivity contribution in [2.24, 2.45) is 5.92 Å². The lowest BCUT2D eigenvalue weighted by Crippen LogP contribution is -2.30. The van der Waals surface area contributed by atoms with Crippen LogP contribution >= 0.6 is 27.5 Å². The van der Waals surface area contributed by atoms with Crippen molar-refractivity contribution in [2.75, 3.05) is 6.54 Å². The zero-order valence-corrected chi connectivity index (χ0v) is 11.1. The molecule has 2 nitrogen and oxygen atoms in total. The van der Waals surface area contributed by atoms with Crippen molar-refractivity contribution in [1.29, 1.82) is 0 Å². The summed E-state index contributed by atoms with van der Waals surface area (Å²) in [6, 6.07) is 6.92. The number of carbonyl (C=O) groups excluding carboxylic acids is 1. The Labute approximate surface area is 108 Å². The van der Waals surface area contributed by atoms with Gasteiger partial charge in [-0.25, -0.2) is 0 Å². The van der Waals surface area contributed by atoms with E-state index >= 15 is 0 Å². The van der Waals surface area contributed by atoms with E-state index in [0.29, 0.717) is 22.0 Å². The zero-order chi connectivity index (χ0) is 11.5. The highest BCUT2D eigenvalue weighted by molar-refractivity contribution is 9.09. The predicted molar refractivity (Wildman–Crippen MR) is 69.2 cm³/mol. The van der Waals surface area contributed by atoms with Gasteiger partial charge in [0.1, 0.15) is 0 Å². The van der Waals surface area contributed by atoms with Crippen LogP contribution in [0, 0.1) is 5.92 Å². The maximum absolute atomic E-state index is 11.7. The first-order chi connectivity index (χ1) is 7.66. The lowest BCUT2D eigenvalue weighted by molar-refractivity contribution is 0.0953. The summed E-state index contributed by atoms with van der Waals surface area (Å²) in [5, 5.41) is 3.56. The third-order valence-corrected chi connectivity index (χ3v) is 4.02. The Morgan fingerprint density at radius 2 is 2.06 bits per heavy atom. The molecule has 1 aliphatic rings. The van der Waals surface area contributed by atoms with Crippen molar-refractivity contribution in [3.05, 3.63) is 34.9 Å². The van der Waals surface area contributed by atoms with Crippen molar-refractivity contribution < 1.29 is 4.79 Å². The van der Waals surface area contributed by atoms with Crippen LogP contribution in [0.3, 0.4) is 0 Å². The molecule has 1 aliphatic carbocycles. The van der Waals surface area contributed by atoms with Gasteiger partial charge in [-0.2, -0.15) is 0 Å². The van der Waals surface area contributed by atoms with Crippen LogP contribution < -0.4 is 5.32 Å². The fraction of sp³-hybridized carbons (Fsp3) is 0.417. The number of hydrogen-bond acceptors (Lipinski definition) is 1. The largest absolute Gasteiger partial charge is 0.351 e. The number of amides is 1. The number of carbonyl (C=O) groups is 1. The fourth-order valence-electron chi connectivity index (χ4n) is 1.52. The Bertz CT molecular complexity index is 375. The molecular formula is C12H13BrClNO. The van der Waals surface area contributed by atoms with Gasteiger partial charge in [-0.3, -0.25) is 4.79 Å². The van der Waals surface area contributed by atoms with E-state index in [2.05, 4.69) is 21.2 Å². The van der Waals surface area contributed by atoms with E-state index in [1.807, 2.05) is 0 Å². The normalized spacial score (nSPS) is 16.9. The average Bonchev–Trinajstić information content (AvgIpc) is 3.10. The summed E-state index contributed by atoms with van der Waals surface area (Å²) in [7, 11) is 0. The lowest BCUT2D eigenvalue weighted by Gasteiger charge is -2.09. The van der Waals surface area contributed by atoms with E-state index in [-0.39, 0.29) is 5.91 Å². The molecule has 1 N–H and O–H groups in total. The maximum atomic E-state index is 11.7. The van der Waals surface area contributed by atoms with Gasteiger partial charge in [0, 0.05) is 22.0 Å². The van der Waals surface area contributed by atoms with E-state index in [1.54, 1.807) is 24.3 Å². The highest BCUT2D eigenvalue weighted by Gasteiger charge is 2.29. The number of nitrogens with one attached hydrogen (secondary N) is 1. The predicted octanol–water partition coefficient (Wildman–Crippen LogP) is 3.24. The van der Waals surface area contributed by atoms with Crippen LogP contribution in [-0.4, -0.2) is 17.3 Å². The Kier molecular flexibility index (Phi) is 3.87. The van der Waals surface area contributed by atoms with Gasteiger partial charge in [0.15, 0.2) is 0 Å². The first-order valence-electron chi connectivity index (χ1n) is 5.34. The van der Waals surface area contributed by atoms with Crippen LogP contribution in [0.5, 0.6) is 0 Å². The molecule has 2 rings (SSSR count). The van der Waals surface area contributed by atoms with Crippen LogP contribution in [0.1, 0.15) is 23.2 Å². The molecule has 0 radical (unpaired) electrons. The van der Waals surface area contributed by atoms with Gasteiger partial charge in [0.05, 0.1) is 0 Å². The van der Waals surface area contributed by atoms with E-state index in [4.69, 9.17) is 11.6 Å². The van der Waals surface area contributed by atoms with Gasteiger partial charge in [-0.05, 0) is 43.0 Å². The van der Waals surface area contributed by atoms with Crippen LogP contribution in [0.25, 0.3) is 0 Å². The summed E-state index contributed by atoms with van der Waals surface area (Å²) in [6.45, 7) is 0.687. The molecule has 1 amide bonds. The molecule has 86 valence electrons. The molecule has 1 saturated carbocycles. The van der Waals surface area contributed by atoms with Crippen LogP contribution in [0.2, 0.25) is 5.02 Å². The number of rotatable bonds is 4. The molecule has 1 atom stereocenters. The van der Waals surface area contributed by atoms with Crippen molar-refractivity contribution in [2.45, 2.75) is 17.7 Å². The topological polar surface area (TPSA) is 29.1 Å². The highest BCUT2D eigenvalue weighted by atomic mass is 79.9. The fourth-order valence-corrected chi connectivity index (χ4v) is 2.33. The molecule has 1 fully saturated rings. The van der Waals surface area contributed by atoms with Crippen molar-refractivity contribution in [3.8, 4) is 0 Å². The van der Waals surface area contributed by atoms with Gasteiger partial charge in [0.2, 0.25) is 0 Å². The molecule has 0 aromatic heterocycles. The summed E-state index contributed by atoms with van der Waals surface area (Å²) in [5.74, 6) is 0.701. The Balaban J connectivity index is 1.85. The Hall–Kier alpha value is -0.540. The number of benzene rings is 1. The molecule has 0 aliphatic heterocycles. The first-order valence-corrected chi connectivity index (χ1v) is 6.64. The summed E-state index contributed by atoms with van der Waals surface area (Å²) >= 11 is 9.34. The summed E-state index contributed by atoms with van der Waals surface area (Å²) < 4.78 is 0. The van der Waals surface area contributed by atoms with Gasteiger partial charge in [-0.1, -0.05) is 27.5 Å². The zero-order valence-electron chi connectivity index (χ0n) is 8.75. The molecule has 0 spiro atoms. The smallest absolute Gasteiger partial charge is 0.251 e. The SMILES string of the molecule is O=C(NCC(Br)C1CC1)c1ccc(Cl)cc1. The Morgan fingerprint density at radius 3 is 2.62 bits per heavy atom. The molecule has 0 bridgehead atoms. The molecule has 1 aromatic carbocycles. The molecule has 1 unspecified atom stereocenters. The number of halogens is 2. The van der Waals surface area contributed by atoms with E-state index < -0.39 is 0 Å². The van der Waals surface area contributed by atoms with Gasteiger partial charge < -0.3 is 5.32 Å². The minimum Gasteiger partial charge on any atom is -0.351 e. The lowest BCUT2D eigenvalue weighted by atomic mass is 10.2. The minimum atomic E-state index is -0.0400. The first kappa shape index (κ1) is 11.9. The maximum Gasteiger partial charge on any atom is 0.251 e. The van der Waals surface area contributed by atoms with E-state index in [0.717, 1.165) is 5.92 Å². The van der Waals surface area contributed by atoms with Crippen molar-refractivity contribution in [1.82, 2.24) is 5.32 Å². The second-order valence-electron chi connectivity index (χ2n) is 4.07. The number of alkyl halides is 1. The molecular weight excluding hydrogens is 289 g/mol. The van der Waals surface area contributed by atoms with Crippen LogP contribution in [-0.2, 0) is 0 Å². The van der Waals surface area contributed by atoms with Crippen molar-refractivity contribution >= 4 is 33.4 Å². The average molecular weight is 303 g/mol. The van der Waals surface area contributed by atoms with E-state index in [9.17, 15) is 4.79 Å². The molecule has 0 heterocycles. The van der Waals surface area contributed by atoms with Gasteiger partial charge in [-0.15, -0.1) is 0 Å². The standard InChI is InChI=1S/C12H13BrClNO/c13-11(8-1-2-8)7-15-12(16)9-3-5-10(14)6-4-9/h3-6,8,11H,1-2,7H2,(H,15,16). The summed E-state index contributed by atoms with van der Waals surface area (Å²) in [6.07, 6.45) is 2.54. The third kappa shape index (κ3) is 3.22. The third-order valence-electron chi connectivity index (χ3n) is 2.70. The molecule has 4 heteroatoms. The quantitative estimate of drug-likeness (QED) is 0.850. The minimum absolute atomic E-state index is 0.0400. The van der Waals surface area contributed by atoms with Gasteiger partial charge >= 0.3 is 0 Å². The van der Waals surface area contributed by atoms with Gasteiger partial charge in [0.25, 0.3) is 5.91 Å². The second kappa shape index (κ2) is 5.19. The number of hydrogen-bond donors (Lipinski definition) is 1. The molecule has 16 heavy (non-hydrogen) atoms. The second-order valence-corrected chi connectivity index (χ2v) is 5.68. The monoisotopic (exact) mass is 301 g/mol.